The molecule has 2 heteroatoms. The molecule has 0 amide bonds. The highest BCUT2D eigenvalue weighted by Gasteiger charge is 2.32. The summed E-state index contributed by atoms with van der Waals surface area (Å²) >= 11 is 0. The number of rotatable bonds is 3. The van der Waals surface area contributed by atoms with Crippen LogP contribution in [0.1, 0.15) is 42.0 Å². The molecule has 2 nitrogen and oxygen atoms in total. The van der Waals surface area contributed by atoms with Gasteiger partial charge in [0.25, 0.3) is 0 Å². The van der Waals surface area contributed by atoms with Gasteiger partial charge in [0, 0.05) is 6.54 Å². The van der Waals surface area contributed by atoms with Crippen LogP contribution >= 0.6 is 0 Å². The van der Waals surface area contributed by atoms with E-state index in [9.17, 15) is 0 Å². The fourth-order valence-corrected chi connectivity index (χ4v) is 3.31. The monoisotopic (exact) mass is 279 g/mol. The van der Waals surface area contributed by atoms with Crippen LogP contribution in [0.25, 0.3) is 0 Å². The van der Waals surface area contributed by atoms with Gasteiger partial charge in [-0.2, -0.15) is 5.06 Å². The molecule has 1 aliphatic carbocycles. The summed E-state index contributed by atoms with van der Waals surface area (Å²) in [7, 11) is 0. The largest absolute Gasteiger partial charge is 0.295 e. The molecule has 0 saturated heterocycles. The van der Waals surface area contributed by atoms with E-state index in [0.29, 0.717) is 6.10 Å². The Morgan fingerprint density at radius 1 is 0.905 bits per heavy atom. The Balaban J connectivity index is 1.71. The van der Waals surface area contributed by atoms with E-state index in [1.54, 1.807) is 0 Å². The molecular weight excluding hydrogens is 258 g/mol. The zero-order valence-corrected chi connectivity index (χ0v) is 12.2. The maximum absolute atomic E-state index is 6.28. The Morgan fingerprint density at radius 3 is 2.43 bits per heavy atom. The molecule has 0 aromatic heterocycles. The molecule has 1 heterocycles. The van der Waals surface area contributed by atoms with Crippen molar-refractivity contribution in [3.8, 4) is 0 Å². The van der Waals surface area contributed by atoms with Crippen LogP contribution in [0.5, 0.6) is 0 Å². The smallest absolute Gasteiger partial charge is 0.0855 e. The lowest BCUT2D eigenvalue weighted by molar-refractivity contribution is -0.236. The number of benzene rings is 2. The van der Waals surface area contributed by atoms with E-state index in [1.165, 1.54) is 36.0 Å². The molecule has 108 valence electrons. The van der Waals surface area contributed by atoms with Crippen molar-refractivity contribution in [3.05, 3.63) is 71.3 Å². The summed E-state index contributed by atoms with van der Waals surface area (Å²) in [5.74, 6) is 0. The van der Waals surface area contributed by atoms with Gasteiger partial charge in [0.05, 0.1) is 12.1 Å². The fraction of sp³-hybridized carbons (Fsp3) is 0.368. The van der Waals surface area contributed by atoms with Gasteiger partial charge in [-0.05, 0) is 42.4 Å². The van der Waals surface area contributed by atoms with Gasteiger partial charge in [0.2, 0.25) is 0 Å². The molecule has 2 aromatic carbocycles. The topological polar surface area (TPSA) is 12.5 Å². The molecular formula is C19H21NO. The predicted molar refractivity (Wildman–Crippen MR) is 83.9 cm³/mol. The van der Waals surface area contributed by atoms with E-state index in [0.717, 1.165) is 13.0 Å². The summed E-state index contributed by atoms with van der Waals surface area (Å²) < 4.78 is 0. The van der Waals surface area contributed by atoms with E-state index in [-0.39, 0.29) is 6.04 Å². The molecule has 2 aliphatic rings. The van der Waals surface area contributed by atoms with Gasteiger partial charge in [-0.15, -0.1) is 0 Å². The van der Waals surface area contributed by atoms with E-state index in [4.69, 9.17) is 4.84 Å². The van der Waals surface area contributed by atoms with Crippen molar-refractivity contribution in [1.82, 2.24) is 5.06 Å². The third-order valence-electron chi connectivity index (χ3n) is 4.69. The normalized spacial score (nSPS) is 22.6. The first-order chi connectivity index (χ1) is 10.4. The zero-order chi connectivity index (χ0) is 14.1. The minimum atomic E-state index is 0.233. The Bertz CT molecular complexity index is 606. The van der Waals surface area contributed by atoms with Crippen molar-refractivity contribution in [2.45, 2.75) is 37.8 Å². The first kappa shape index (κ1) is 13.1. The van der Waals surface area contributed by atoms with Crippen LogP contribution in [0.15, 0.2) is 54.6 Å². The third kappa shape index (κ3) is 2.50. The first-order valence-electron chi connectivity index (χ1n) is 7.98. The second-order valence-corrected chi connectivity index (χ2v) is 6.06. The Labute approximate surface area is 126 Å². The zero-order valence-electron chi connectivity index (χ0n) is 12.2. The van der Waals surface area contributed by atoms with E-state index in [1.807, 2.05) is 0 Å². The van der Waals surface area contributed by atoms with Crippen molar-refractivity contribution in [2.24, 2.45) is 0 Å². The van der Waals surface area contributed by atoms with Gasteiger partial charge in [-0.3, -0.25) is 4.84 Å². The van der Waals surface area contributed by atoms with Crippen LogP contribution in [0.3, 0.4) is 0 Å². The molecule has 21 heavy (non-hydrogen) atoms. The van der Waals surface area contributed by atoms with Crippen LogP contribution in [-0.4, -0.2) is 17.7 Å². The number of hydrogen-bond acceptors (Lipinski definition) is 2. The Kier molecular flexibility index (Phi) is 3.50. The van der Waals surface area contributed by atoms with Crippen LogP contribution in [-0.2, 0) is 11.3 Å². The van der Waals surface area contributed by atoms with Crippen molar-refractivity contribution in [3.63, 3.8) is 0 Å². The lowest BCUT2D eigenvalue weighted by atomic mass is 9.89. The van der Waals surface area contributed by atoms with Crippen molar-refractivity contribution < 1.29 is 4.84 Å². The molecule has 0 N–H and O–H groups in total. The maximum Gasteiger partial charge on any atom is 0.0855 e. The van der Waals surface area contributed by atoms with Crippen LogP contribution in [0.4, 0.5) is 0 Å². The Morgan fingerprint density at radius 2 is 1.67 bits per heavy atom. The number of nitrogens with zero attached hydrogens (tertiary/aromatic N) is 1. The van der Waals surface area contributed by atoms with Gasteiger partial charge in [0.1, 0.15) is 0 Å². The molecule has 4 rings (SSSR count). The quantitative estimate of drug-likeness (QED) is 0.838. The first-order valence-corrected chi connectivity index (χ1v) is 7.98. The van der Waals surface area contributed by atoms with Gasteiger partial charge in [-0.1, -0.05) is 54.6 Å². The minimum Gasteiger partial charge on any atom is -0.295 e. The predicted octanol–water partition coefficient (Wildman–Crippen LogP) is 4.12. The number of hydroxylamine groups is 2. The second kappa shape index (κ2) is 5.63. The summed E-state index contributed by atoms with van der Waals surface area (Å²) in [5.41, 5.74) is 4.18. The van der Waals surface area contributed by atoms with Crippen molar-refractivity contribution >= 4 is 0 Å². The van der Waals surface area contributed by atoms with Crippen molar-refractivity contribution in [1.29, 1.82) is 0 Å². The summed E-state index contributed by atoms with van der Waals surface area (Å²) in [6.45, 7) is 0.979. The van der Waals surface area contributed by atoms with Gasteiger partial charge in [0.15, 0.2) is 0 Å². The second-order valence-electron chi connectivity index (χ2n) is 6.06. The van der Waals surface area contributed by atoms with Gasteiger partial charge in [-0.25, -0.2) is 0 Å². The highest BCUT2D eigenvalue weighted by Crippen LogP contribution is 2.37. The highest BCUT2D eigenvalue weighted by atomic mass is 16.7. The van der Waals surface area contributed by atoms with E-state index < -0.39 is 0 Å². The number of hydrogen-bond donors (Lipinski definition) is 0. The minimum absolute atomic E-state index is 0.233. The molecule has 1 unspecified atom stereocenters. The van der Waals surface area contributed by atoms with Crippen molar-refractivity contribution in [2.75, 3.05) is 6.54 Å². The van der Waals surface area contributed by atoms with Gasteiger partial charge >= 0.3 is 0 Å². The average Bonchev–Trinajstić information content (AvgIpc) is 2.51. The standard InChI is InChI=1S/C19H21NO/c1-2-8-16(9-3-1)19-18-12-5-4-7-15(18)13-14-20(19)21-17-10-6-11-17/h1-5,7-9,12,17,19H,6,10-11,13-14H2. The lowest BCUT2D eigenvalue weighted by Crippen LogP contribution is -2.40. The lowest BCUT2D eigenvalue weighted by Gasteiger charge is -2.40. The van der Waals surface area contributed by atoms with E-state index in [2.05, 4.69) is 59.7 Å². The molecule has 1 aliphatic heterocycles. The molecule has 1 saturated carbocycles. The van der Waals surface area contributed by atoms with Crippen LogP contribution in [0.2, 0.25) is 0 Å². The summed E-state index contributed by atoms with van der Waals surface area (Å²) in [5, 5.41) is 2.22. The van der Waals surface area contributed by atoms with Gasteiger partial charge < -0.3 is 0 Å². The molecule has 0 bridgehead atoms. The molecule has 1 atom stereocenters. The fourth-order valence-electron chi connectivity index (χ4n) is 3.31. The van der Waals surface area contributed by atoms with Crippen LogP contribution < -0.4 is 0 Å². The maximum atomic E-state index is 6.28. The molecule has 0 spiro atoms. The Hall–Kier alpha value is -1.64. The summed E-state index contributed by atoms with van der Waals surface area (Å²) in [6, 6.07) is 19.8. The molecule has 0 radical (unpaired) electrons. The third-order valence-corrected chi connectivity index (χ3v) is 4.69. The van der Waals surface area contributed by atoms with E-state index >= 15 is 0 Å². The summed E-state index contributed by atoms with van der Waals surface area (Å²) in [6.07, 6.45) is 5.23. The SMILES string of the molecule is c1ccc(C2c3ccccc3CCN2OC2CCC2)cc1. The molecule has 2 aromatic rings. The summed E-state index contributed by atoms with van der Waals surface area (Å²) in [4.78, 5) is 6.28. The number of fused-ring (bicyclic) bond motifs is 1. The van der Waals surface area contributed by atoms with Crippen LogP contribution in [0, 0.1) is 0 Å². The average molecular weight is 279 g/mol. The molecule has 1 fully saturated rings. The highest BCUT2D eigenvalue weighted by molar-refractivity contribution is 5.39.